The van der Waals surface area contributed by atoms with Gasteiger partial charge in [0.05, 0.1) is 41.3 Å². The molecule has 0 fully saturated rings. The predicted octanol–water partition coefficient (Wildman–Crippen LogP) is 9.27. The van der Waals surface area contributed by atoms with E-state index in [0.717, 1.165) is 25.0 Å². The Morgan fingerprint density at radius 1 is 0.591 bits per heavy atom. The van der Waals surface area contributed by atoms with Crippen LogP contribution >= 0.6 is 69.6 Å². The van der Waals surface area contributed by atoms with Crippen molar-refractivity contribution in [3.8, 4) is 11.5 Å². The summed E-state index contributed by atoms with van der Waals surface area (Å²) in [5.41, 5.74) is -1.26. The lowest BCUT2D eigenvalue weighted by Gasteiger charge is -2.16. The molecular weight excluding hydrogens is 701 g/mol. The Hall–Kier alpha value is -2.20. The van der Waals surface area contributed by atoms with E-state index in [1.165, 1.54) is 0 Å². The van der Waals surface area contributed by atoms with Crippen molar-refractivity contribution >= 4 is 105 Å². The third-order valence-corrected chi connectivity index (χ3v) is 8.72. The van der Waals surface area contributed by atoms with Crippen LogP contribution in [0, 0.1) is 11.8 Å². The van der Waals surface area contributed by atoms with Gasteiger partial charge in [0.2, 0.25) is 23.1 Å². The Morgan fingerprint density at radius 2 is 0.909 bits per heavy atom. The summed E-state index contributed by atoms with van der Waals surface area (Å²) in [7, 11) is 0. The molecule has 0 N–H and O–H groups in total. The number of Topliss-reactive ketones (excluding diaryl/α,β-unsaturated/α-hetero) is 4. The molecule has 0 spiro atoms. The molecule has 0 aliphatic carbocycles. The van der Waals surface area contributed by atoms with Crippen LogP contribution in [0.2, 0.25) is 30.1 Å². The van der Waals surface area contributed by atoms with Crippen LogP contribution in [0.4, 0.5) is 0 Å². The molecule has 0 saturated heterocycles. The van der Waals surface area contributed by atoms with Crippen molar-refractivity contribution in [2.24, 2.45) is 11.8 Å². The molecule has 0 aromatic heterocycles. The van der Waals surface area contributed by atoms with Crippen LogP contribution in [0.5, 0.6) is 11.5 Å². The van der Waals surface area contributed by atoms with E-state index in [9.17, 15) is 28.8 Å². The molecule has 2 atom stereocenters. The van der Waals surface area contributed by atoms with Crippen molar-refractivity contribution in [2.45, 2.75) is 66.2 Å². The van der Waals surface area contributed by atoms with E-state index >= 15 is 0 Å². The first-order valence-corrected chi connectivity index (χ1v) is 15.8. The highest BCUT2D eigenvalue weighted by atomic mass is 35.5. The fraction of sp³-hybridized carbons (Fsp3) is 0.400. The molecule has 44 heavy (non-hydrogen) atoms. The van der Waals surface area contributed by atoms with E-state index in [1.54, 1.807) is 13.8 Å². The van der Waals surface area contributed by atoms with Crippen LogP contribution < -0.4 is 9.47 Å². The maximum atomic E-state index is 13.2. The van der Waals surface area contributed by atoms with E-state index in [4.69, 9.17) is 79.1 Å². The van der Waals surface area contributed by atoms with Crippen LogP contribution in [0.1, 0.15) is 86.9 Å². The zero-order chi connectivity index (χ0) is 33.5. The van der Waals surface area contributed by atoms with E-state index in [0.29, 0.717) is 25.7 Å². The molecule has 0 aliphatic heterocycles. The first kappa shape index (κ1) is 38.0. The summed E-state index contributed by atoms with van der Waals surface area (Å²) in [6, 6.07) is 2.08. The molecule has 238 valence electrons. The number of rotatable bonds is 14. The van der Waals surface area contributed by atoms with Gasteiger partial charge in [-0.05, 0) is 25.0 Å². The topological polar surface area (TPSA) is 121 Å². The number of carbonyl (C=O) groups excluding carboxylic acids is 6. The first-order chi connectivity index (χ1) is 20.6. The third-order valence-electron chi connectivity index (χ3n) is 6.59. The van der Waals surface area contributed by atoms with Crippen molar-refractivity contribution in [3.05, 3.63) is 53.4 Å². The monoisotopic (exact) mass is 726 g/mol. The normalized spacial score (nSPS) is 12.3. The lowest BCUT2D eigenvalue weighted by atomic mass is 9.93. The van der Waals surface area contributed by atoms with Crippen LogP contribution in [0.3, 0.4) is 0 Å². The molecular formula is C30H28Cl6O8. The maximum Gasteiger partial charge on any atom is 0.423 e. The number of ether oxygens (including phenoxy) is 2. The van der Waals surface area contributed by atoms with Crippen LogP contribution in [-0.4, -0.2) is 35.1 Å². The second kappa shape index (κ2) is 16.9. The standard InChI is InChI=1S/C30H28Cl6O8/c1-5-7-9-13(3)23(37)25(39)19-21(35)15(31)11-17(33)27(19)43-29(41)30(42)44-28-18(34)12-16(32)22(36)20(28)26(40)24(38)14(4)10-8-6-2/h11-14H,5-10H2,1-4H3. The molecule has 14 heteroatoms. The summed E-state index contributed by atoms with van der Waals surface area (Å²) in [5.74, 6) is -10.3. The molecule has 0 heterocycles. The first-order valence-electron chi connectivity index (χ1n) is 13.5. The molecule has 0 bridgehead atoms. The largest absolute Gasteiger partial charge is 0.423 e. The molecule has 2 unspecified atom stereocenters. The summed E-state index contributed by atoms with van der Waals surface area (Å²) < 4.78 is 10.2. The van der Waals surface area contributed by atoms with Crippen molar-refractivity contribution < 1.29 is 38.2 Å². The Labute approximate surface area is 284 Å². The Balaban J connectivity index is 2.48. The number of hydrogen-bond acceptors (Lipinski definition) is 8. The van der Waals surface area contributed by atoms with Crippen molar-refractivity contribution in [1.29, 1.82) is 0 Å². The maximum absolute atomic E-state index is 13.2. The highest BCUT2D eigenvalue weighted by Crippen LogP contribution is 2.42. The number of benzene rings is 2. The molecule has 0 radical (unpaired) electrons. The average Bonchev–Trinajstić information content (AvgIpc) is 2.98. The number of carbonyl (C=O) groups is 6. The van der Waals surface area contributed by atoms with Gasteiger partial charge in [0, 0.05) is 11.8 Å². The van der Waals surface area contributed by atoms with Gasteiger partial charge in [-0.3, -0.25) is 19.2 Å². The van der Waals surface area contributed by atoms with Crippen LogP contribution in [-0.2, 0) is 19.2 Å². The lowest BCUT2D eigenvalue weighted by molar-refractivity contribution is -0.156. The zero-order valence-corrected chi connectivity index (χ0v) is 28.6. The lowest BCUT2D eigenvalue weighted by Crippen LogP contribution is -2.29. The number of esters is 2. The van der Waals surface area contributed by atoms with Gasteiger partial charge < -0.3 is 9.47 Å². The summed E-state index contributed by atoms with van der Waals surface area (Å²) >= 11 is 37.0. The van der Waals surface area contributed by atoms with Gasteiger partial charge in [-0.1, -0.05) is 123 Å². The van der Waals surface area contributed by atoms with Crippen LogP contribution in [0.15, 0.2) is 12.1 Å². The second-order valence-electron chi connectivity index (χ2n) is 9.97. The highest BCUT2D eigenvalue weighted by Gasteiger charge is 2.35. The molecule has 0 aliphatic rings. The summed E-state index contributed by atoms with van der Waals surface area (Å²) in [6.07, 6.45) is 3.71. The van der Waals surface area contributed by atoms with Crippen molar-refractivity contribution in [1.82, 2.24) is 0 Å². The average molecular weight is 729 g/mol. The van der Waals surface area contributed by atoms with E-state index in [-0.39, 0.29) is 10.0 Å². The summed E-state index contributed by atoms with van der Waals surface area (Å²) in [6.45, 7) is 6.93. The van der Waals surface area contributed by atoms with Gasteiger partial charge >= 0.3 is 11.9 Å². The van der Waals surface area contributed by atoms with Crippen molar-refractivity contribution in [2.75, 3.05) is 0 Å². The minimum Gasteiger partial charge on any atom is -0.416 e. The van der Waals surface area contributed by atoms with E-state index < -0.39 is 89.6 Å². The number of ketones is 4. The number of unbranched alkanes of at least 4 members (excludes halogenated alkanes) is 2. The molecule has 8 nitrogen and oxygen atoms in total. The van der Waals surface area contributed by atoms with Crippen molar-refractivity contribution in [3.63, 3.8) is 0 Å². The highest BCUT2D eigenvalue weighted by molar-refractivity contribution is 6.54. The predicted molar refractivity (Wildman–Crippen MR) is 170 cm³/mol. The number of halogens is 6. The summed E-state index contributed by atoms with van der Waals surface area (Å²) in [4.78, 5) is 77.9. The van der Waals surface area contributed by atoms with Gasteiger partial charge in [0.25, 0.3) is 0 Å². The van der Waals surface area contributed by atoms with E-state index in [2.05, 4.69) is 0 Å². The fourth-order valence-electron chi connectivity index (χ4n) is 4.01. The van der Waals surface area contributed by atoms with Gasteiger partial charge in [-0.25, -0.2) is 9.59 Å². The fourth-order valence-corrected chi connectivity index (χ4v) is 5.46. The molecule has 2 aromatic carbocycles. The quantitative estimate of drug-likeness (QED) is 0.0621. The van der Waals surface area contributed by atoms with E-state index in [1.807, 2.05) is 13.8 Å². The number of hydrogen-bond donors (Lipinski definition) is 0. The Bertz CT molecular complexity index is 1390. The van der Waals surface area contributed by atoms with Crippen LogP contribution in [0.25, 0.3) is 0 Å². The minimum absolute atomic E-state index is 0.222. The molecule has 0 amide bonds. The molecule has 2 aromatic rings. The Morgan fingerprint density at radius 3 is 1.20 bits per heavy atom. The Kier molecular flexibility index (Phi) is 14.6. The second-order valence-corrected chi connectivity index (χ2v) is 12.4. The minimum atomic E-state index is -1.76. The molecule has 2 rings (SSSR count). The van der Waals surface area contributed by atoms with Gasteiger partial charge in [0.1, 0.15) is 0 Å². The third kappa shape index (κ3) is 8.95. The summed E-state index contributed by atoms with van der Waals surface area (Å²) in [5, 5.41) is -2.17. The van der Waals surface area contributed by atoms with Gasteiger partial charge in [0.15, 0.2) is 11.5 Å². The SMILES string of the molecule is CCCCC(C)C(=O)C(=O)c1c(Cl)c(Cl)cc(Cl)c1OC(=O)C(=O)Oc1c(Cl)cc(Cl)c(Cl)c1C(=O)C(=O)C(C)CCCC. The van der Waals surface area contributed by atoms with Gasteiger partial charge in [-0.2, -0.15) is 0 Å². The smallest absolute Gasteiger partial charge is 0.416 e. The zero-order valence-electron chi connectivity index (χ0n) is 24.1. The van der Waals surface area contributed by atoms with Gasteiger partial charge in [-0.15, -0.1) is 0 Å². The molecule has 0 saturated carbocycles.